The molecule has 0 spiro atoms. The maximum Gasteiger partial charge on any atom is 0.309 e. The van der Waals surface area contributed by atoms with E-state index in [0.717, 1.165) is 23.4 Å². The molecular weight excluding hydrogens is 290 g/mol. The number of methoxy groups -OCH3 is 1. The van der Waals surface area contributed by atoms with Crippen LogP contribution in [0.5, 0.6) is 5.75 Å². The highest BCUT2D eigenvalue weighted by atomic mass is 16.5. The molecular formula is C19H21NO3. The lowest BCUT2D eigenvalue weighted by Gasteiger charge is -2.16. The Bertz CT molecular complexity index is 681. The van der Waals surface area contributed by atoms with Crippen molar-refractivity contribution in [3.63, 3.8) is 0 Å². The second kappa shape index (κ2) is 6.73. The van der Waals surface area contributed by atoms with Crippen LogP contribution in [0.4, 0.5) is 5.69 Å². The Morgan fingerprint density at radius 3 is 2.61 bits per heavy atom. The van der Waals surface area contributed by atoms with Crippen molar-refractivity contribution in [2.45, 2.75) is 12.8 Å². The first-order valence-electron chi connectivity index (χ1n) is 7.79. The zero-order chi connectivity index (χ0) is 16.2. The highest BCUT2D eigenvalue weighted by Crippen LogP contribution is 2.30. The third-order valence-corrected chi connectivity index (χ3v) is 4.38. The lowest BCUT2D eigenvalue weighted by Crippen LogP contribution is -2.20. The number of rotatable bonds is 5. The van der Waals surface area contributed by atoms with E-state index in [4.69, 9.17) is 15.2 Å². The number of ether oxygens (including phenoxy) is 2. The Balaban J connectivity index is 1.71. The molecule has 120 valence electrons. The average molecular weight is 311 g/mol. The van der Waals surface area contributed by atoms with Gasteiger partial charge >= 0.3 is 5.97 Å². The van der Waals surface area contributed by atoms with Crippen molar-refractivity contribution in [3.8, 4) is 5.75 Å². The number of hydrogen-bond acceptors (Lipinski definition) is 4. The molecule has 2 unspecified atom stereocenters. The summed E-state index contributed by atoms with van der Waals surface area (Å²) in [7, 11) is 1.65. The Kier molecular flexibility index (Phi) is 4.51. The van der Waals surface area contributed by atoms with Crippen molar-refractivity contribution in [1.29, 1.82) is 0 Å². The van der Waals surface area contributed by atoms with Gasteiger partial charge in [-0.05, 0) is 48.2 Å². The number of benzene rings is 2. The molecule has 0 saturated carbocycles. The van der Waals surface area contributed by atoms with Crippen LogP contribution < -0.4 is 10.5 Å². The molecule has 1 aliphatic rings. The SMILES string of the molecule is COc1ccc(CC2COC(=O)C2Cc2cccc(N)c2)cc1. The molecule has 0 bridgehead atoms. The third-order valence-electron chi connectivity index (χ3n) is 4.38. The highest BCUT2D eigenvalue weighted by Gasteiger charge is 2.36. The van der Waals surface area contributed by atoms with Gasteiger partial charge in [0.1, 0.15) is 5.75 Å². The summed E-state index contributed by atoms with van der Waals surface area (Å²) in [6.07, 6.45) is 1.49. The molecule has 2 aromatic rings. The normalized spacial score (nSPS) is 20.3. The molecule has 1 heterocycles. The van der Waals surface area contributed by atoms with Gasteiger partial charge in [-0.3, -0.25) is 4.79 Å². The standard InChI is InChI=1S/C19H21NO3/c1-22-17-7-5-13(6-8-17)9-15-12-23-19(21)18(15)11-14-3-2-4-16(20)10-14/h2-8,10,15,18H,9,11-12,20H2,1H3. The molecule has 4 nitrogen and oxygen atoms in total. The van der Waals surface area contributed by atoms with Gasteiger partial charge in [-0.15, -0.1) is 0 Å². The molecule has 1 saturated heterocycles. The zero-order valence-corrected chi connectivity index (χ0v) is 13.2. The van der Waals surface area contributed by atoms with Crippen LogP contribution >= 0.6 is 0 Å². The van der Waals surface area contributed by atoms with Crippen LogP contribution in [-0.4, -0.2) is 19.7 Å². The zero-order valence-electron chi connectivity index (χ0n) is 13.2. The number of cyclic esters (lactones) is 1. The Morgan fingerprint density at radius 1 is 1.13 bits per heavy atom. The second-order valence-electron chi connectivity index (χ2n) is 6.00. The van der Waals surface area contributed by atoms with Crippen molar-refractivity contribution < 1.29 is 14.3 Å². The molecule has 4 heteroatoms. The Hall–Kier alpha value is -2.49. The smallest absolute Gasteiger partial charge is 0.309 e. The van der Waals surface area contributed by atoms with Gasteiger partial charge in [0.2, 0.25) is 0 Å². The Labute approximate surface area is 136 Å². The van der Waals surface area contributed by atoms with Crippen LogP contribution in [0.15, 0.2) is 48.5 Å². The van der Waals surface area contributed by atoms with Crippen LogP contribution in [0, 0.1) is 11.8 Å². The molecule has 1 fully saturated rings. The first-order valence-corrected chi connectivity index (χ1v) is 7.79. The van der Waals surface area contributed by atoms with E-state index in [9.17, 15) is 4.79 Å². The van der Waals surface area contributed by atoms with E-state index in [1.807, 2.05) is 48.5 Å². The van der Waals surface area contributed by atoms with Crippen molar-refractivity contribution in [1.82, 2.24) is 0 Å². The van der Waals surface area contributed by atoms with Crippen LogP contribution in [0.1, 0.15) is 11.1 Å². The largest absolute Gasteiger partial charge is 0.497 e. The van der Waals surface area contributed by atoms with Crippen molar-refractivity contribution in [2.75, 3.05) is 19.5 Å². The fourth-order valence-electron chi connectivity index (χ4n) is 3.09. The lowest BCUT2D eigenvalue weighted by molar-refractivity contribution is -0.141. The van der Waals surface area contributed by atoms with Gasteiger partial charge in [0.25, 0.3) is 0 Å². The first-order chi connectivity index (χ1) is 11.2. The summed E-state index contributed by atoms with van der Waals surface area (Å²) in [4.78, 5) is 12.1. The second-order valence-corrected chi connectivity index (χ2v) is 6.00. The van der Waals surface area contributed by atoms with Crippen molar-refractivity contribution in [2.24, 2.45) is 11.8 Å². The van der Waals surface area contributed by atoms with Crippen LogP contribution in [-0.2, 0) is 22.4 Å². The van der Waals surface area contributed by atoms with Crippen LogP contribution in [0.2, 0.25) is 0 Å². The predicted octanol–water partition coefficient (Wildman–Crippen LogP) is 2.85. The summed E-state index contributed by atoms with van der Waals surface area (Å²) in [6.45, 7) is 0.484. The molecule has 1 aliphatic heterocycles. The van der Waals surface area contributed by atoms with E-state index in [1.54, 1.807) is 7.11 Å². The van der Waals surface area contributed by atoms with Gasteiger partial charge < -0.3 is 15.2 Å². The van der Waals surface area contributed by atoms with Crippen LogP contribution in [0.25, 0.3) is 0 Å². The maximum atomic E-state index is 12.1. The number of carbonyl (C=O) groups is 1. The van der Waals surface area contributed by atoms with Gasteiger partial charge in [-0.1, -0.05) is 24.3 Å². The molecule has 0 aromatic heterocycles. The highest BCUT2D eigenvalue weighted by molar-refractivity contribution is 5.75. The van der Waals surface area contributed by atoms with Crippen molar-refractivity contribution >= 4 is 11.7 Å². The van der Waals surface area contributed by atoms with E-state index >= 15 is 0 Å². The summed E-state index contributed by atoms with van der Waals surface area (Å²) in [5.41, 5.74) is 8.81. The van der Waals surface area contributed by atoms with E-state index in [1.165, 1.54) is 5.56 Å². The van der Waals surface area contributed by atoms with Gasteiger partial charge in [0, 0.05) is 11.6 Å². The molecule has 0 radical (unpaired) electrons. The number of hydrogen-bond donors (Lipinski definition) is 1. The maximum absolute atomic E-state index is 12.1. The topological polar surface area (TPSA) is 61.5 Å². The summed E-state index contributed by atoms with van der Waals surface area (Å²) in [5, 5.41) is 0. The Morgan fingerprint density at radius 2 is 1.91 bits per heavy atom. The van der Waals surface area contributed by atoms with Gasteiger partial charge in [-0.2, -0.15) is 0 Å². The van der Waals surface area contributed by atoms with Gasteiger partial charge in [-0.25, -0.2) is 0 Å². The summed E-state index contributed by atoms with van der Waals surface area (Å²) in [5.74, 6) is 0.811. The monoisotopic (exact) mass is 311 g/mol. The molecule has 0 amide bonds. The number of nitrogen functional groups attached to an aromatic ring is 1. The minimum absolute atomic E-state index is 0.106. The van der Waals surface area contributed by atoms with Gasteiger partial charge in [0.15, 0.2) is 0 Å². The van der Waals surface area contributed by atoms with Crippen LogP contribution in [0.3, 0.4) is 0 Å². The average Bonchev–Trinajstić information content (AvgIpc) is 2.89. The number of esters is 1. The minimum atomic E-state index is -0.112. The summed E-state index contributed by atoms with van der Waals surface area (Å²) < 4.78 is 10.5. The fourth-order valence-corrected chi connectivity index (χ4v) is 3.09. The van der Waals surface area contributed by atoms with E-state index in [-0.39, 0.29) is 17.8 Å². The molecule has 3 rings (SSSR count). The molecule has 0 aliphatic carbocycles. The number of carbonyl (C=O) groups excluding carboxylic acids is 1. The third kappa shape index (κ3) is 3.65. The molecule has 2 atom stereocenters. The molecule has 2 aromatic carbocycles. The fraction of sp³-hybridized carbons (Fsp3) is 0.316. The molecule has 23 heavy (non-hydrogen) atoms. The predicted molar refractivity (Wildman–Crippen MR) is 89.2 cm³/mol. The van der Waals surface area contributed by atoms with E-state index in [0.29, 0.717) is 13.0 Å². The van der Waals surface area contributed by atoms with E-state index < -0.39 is 0 Å². The van der Waals surface area contributed by atoms with E-state index in [2.05, 4.69) is 0 Å². The first kappa shape index (κ1) is 15.4. The minimum Gasteiger partial charge on any atom is -0.497 e. The number of nitrogens with two attached hydrogens (primary N) is 1. The quantitative estimate of drug-likeness (QED) is 0.681. The lowest BCUT2D eigenvalue weighted by atomic mass is 9.85. The van der Waals surface area contributed by atoms with Crippen molar-refractivity contribution in [3.05, 3.63) is 59.7 Å². The molecule has 2 N–H and O–H groups in total. The summed E-state index contributed by atoms with van der Waals surface area (Å²) in [6, 6.07) is 15.7. The van der Waals surface area contributed by atoms with Gasteiger partial charge in [0.05, 0.1) is 19.6 Å². The number of anilines is 1. The summed E-state index contributed by atoms with van der Waals surface area (Å²) >= 11 is 0.